The molecule has 2 aliphatic heterocycles. The maximum Gasteiger partial charge on any atom is 0.215 e. The van der Waals surface area contributed by atoms with Crippen molar-refractivity contribution < 1.29 is 14.2 Å². The highest BCUT2D eigenvalue weighted by Crippen LogP contribution is 2.28. The van der Waals surface area contributed by atoms with E-state index < -0.39 is 0 Å². The van der Waals surface area contributed by atoms with E-state index in [1.807, 2.05) is 43.4 Å². The number of nitrogens with zero attached hydrogens (tertiary/aromatic N) is 4. The fraction of sp³-hybridized carbons (Fsp3) is 0.276. The Morgan fingerprint density at radius 2 is 1.92 bits per heavy atom. The van der Waals surface area contributed by atoms with Gasteiger partial charge in [-0.25, -0.2) is 9.97 Å². The molecular formula is C29H28N6O3. The Morgan fingerprint density at radius 1 is 1.03 bits per heavy atom. The molecule has 6 bridgehead atoms. The van der Waals surface area contributed by atoms with Crippen LogP contribution in [0.5, 0.6) is 11.6 Å². The topological polar surface area (TPSA) is 93.7 Å². The number of aromatic nitrogens is 3. The third kappa shape index (κ3) is 5.05. The van der Waals surface area contributed by atoms with Crippen LogP contribution in [0.3, 0.4) is 0 Å². The lowest BCUT2D eigenvalue weighted by atomic mass is 10.1. The van der Waals surface area contributed by atoms with Gasteiger partial charge in [-0.05, 0) is 24.3 Å². The molecule has 2 N–H and O–H groups in total. The zero-order valence-corrected chi connectivity index (χ0v) is 21.3. The van der Waals surface area contributed by atoms with Crippen LogP contribution in [0.2, 0.25) is 0 Å². The van der Waals surface area contributed by atoms with Crippen LogP contribution in [0, 0.1) is 11.8 Å². The van der Waals surface area contributed by atoms with Crippen LogP contribution in [0.25, 0.3) is 10.8 Å². The molecule has 4 aromatic rings. The highest BCUT2D eigenvalue weighted by atomic mass is 16.5. The Labute approximate surface area is 221 Å². The minimum absolute atomic E-state index is 0.298. The zero-order chi connectivity index (χ0) is 25.9. The smallest absolute Gasteiger partial charge is 0.215 e. The minimum atomic E-state index is 0.298. The molecule has 2 aliphatic rings. The fourth-order valence-electron chi connectivity index (χ4n) is 4.57. The molecule has 38 heavy (non-hydrogen) atoms. The monoisotopic (exact) mass is 508 g/mol. The summed E-state index contributed by atoms with van der Waals surface area (Å²) in [6.45, 7) is 3.35. The first-order chi connectivity index (χ1) is 18.7. The largest absolute Gasteiger partial charge is 0.490 e. The number of likely N-dealkylation sites (tertiary alicyclic amines) is 1. The van der Waals surface area contributed by atoms with E-state index >= 15 is 0 Å². The molecule has 1 saturated heterocycles. The van der Waals surface area contributed by atoms with Crippen LogP contribution in [-0.4, -0.2) is 66.4 Å². The first kappa shape index (κ1) is 24.0. The number of benzene rings is 1. The number of nitrogens with one attached hydrogen (secondary N) is 2. The van der Waals surface area contributed by atoms with Gasteiger partial charge in [0.2, 0.25) is 5.88 Å². The Balaban J connectivity index is 1.40. The predicted molar refractivity (Wildman–Crippen MR) is 146 cm³/mol. The number of pyridine rings is 3. The first-order valence-electron chi connectivity index (χ1n) is 12.5. The van der Waals surface area contributed by atoms with E-state index in [-0.39, 0.29) is 0 Å². The van der Waals surface area contributed by atoms with Crippen molar-refractivity contribution in [1.29, 1.82) is 0 Å². The molecule has 0 aliphatic carbocycles. The highest BCUT2D eigenvalue weighted by molar-refractivity contribution is 5.96. The summed E-state index contributed by atoms with van der Waals surface area (Å²) < 4.78 is 17.5. The van der Waals surface area contributed by atoms with Crippen LogP contribution >= 0.6 is 0 Å². The maximum atomic E-state index is 6.20. The Hall–Kier alpha value is -4.39. The van der Waals surface area contributed by atoms with Crippen LogP contribution in [0.15, 0.2) is 54.9 Å². The molecule has 0 atom stereocenters. The summed E-state index contributed by atoms with van der Waals surface area (Å²) in [6.07, 6.45) is 3.88. The standard InChI is InChI=1S/C29H28N6O3/c1-30-29-24-15-31-27-13-23(24)20(14-32-29)8-6-19-7-9-21(16-35-17-22(18-35)36-2)25(12-19)37-10-11-38-28-5-3-4-26(33-27)34-28/h3-5,7,9,12-15,22H,10-11,16-18H2,1-2H3,(H,30,32)(H,31,33,34). The van der Waals surface area contributed by atoms with Crippen LogP contribution in [0.4, 0.5) is 17.5 Å². The van der Waals surface area contributed by atoms with Gasteiger partial charge in [0.15, 0.2) is 0 Å². The van der Waals surface area contributed by atoms with Gasteiger partial charge in [-0.15, -0.1) is 0 Å². The van der Waals surface area contributed by atoms with Gasteiger partial charge in [0, 0.05) is 74.2 Å². The molecule has 1 aromatic carbocycles. The van der Waals surface area contributed by atoms with E-state index in [4.69, 9.17) is 14.2 Å². The quantitative estimate of drug-likeness (QED) is 0.399. The van der Waals surface area contributed by atoms with Crippen molar-refractivity contribution in [3.05, 3.63) is 71.5 Å². The van der Waals surface area contributed by atoms with E-state index in [2.05, 4.69) is 48.4 Å². The fourth-order valence-corrected chi connectivity index (χ4v) is 4.57. The number of ether oxygens (including phenoxy) is 3. The molecule has 0 radical (unpaired) electrons. The summed E-state index contributed by atoms with van der Waals surface area (Å²) in [5.41, 5.74) is 2.77. The summed E-state index contributed by atoms with van der Waals surface area (Å²) in [7, 11) is 3.60. The molecule has 3 aromatic heterocycles. The predicted octanol–water partition coefficient (Wildman–Crippen LogP) is 3.81. The number of hydrogen-bond donors (Lipinski definition) is 2. The van der Waals surface area contributed by atoms with Gasteiger partial charge < -0.3 is 24.8 Å². The van der Waals surface area contributed by atoms with Crippen LogP contribution in [-0.2, 0) is 11.3 Å². The van der Waals surface area contributed by atoms with E-state index in [0.717, 1.165) is 58.7 Å². The number of hydrogen-bond acceptors (Lipinski definition) is 9. The number of fused-ring (bicyclic) bond motifs is 5. The van der Waals surface area contributed by atoms with E-state index in [1.165, 1.54) is 0 Å². The molecule has 6 rings (SSSR count). The van der Waals surface area contributed by atoms with E-state index in [9.17, 15) is 0 Å². The van der Waals surface area contributed by atoms with Crippen molar-refractivity contribution in [3.8, 4) is 23.5 Å². The van der Waals surface area contributed by atoms with Gasteiger partial charge in [-0.3, -0.25) is 4.90 Å². The summed E-state index contributed by atoms with van der Waals surface area (Å²) in [4.78, 5) is 16.0. The third-order valence-electron chi connectivity index (χ3n) is 6.64. The molecule has 9 heteroatoms. The normalized spacial score (nSPS) is 15.3. The minimum Gasteiger partial charge on any atom is -0.490 e. The third-order valence-corrected chi connectivity index (χ3v) is 6.64. The zero-order valence-electron chi connectivity index (χ0n) is 21.3. The van der Waals surface area contributed by atoms with Gasteiger partial charge in [-0.1, -0.05) is 24.0 Å². The van der Waals surface area contributed by atoms with Crippen molar-refractivity contribution in [2.45, 2.75) is 12.6 Å². The molecular weight excluding hydrogens is 480 g/mol. The number of rotatable bonds is 4. The molecule has 0 spiro atoms. The van der Waals surface area contributed by atoms with Crippen molar-refractivity contribution in [2.24, 2.45) is 0 Å². The summed E-state index contributed by atoms with van der Waals surface area (Å²) in [6, 6.07) is 13.7. The summed E-state index contributed by atoms with van der Waals surface area (Å²) in [5.74, 6) is 9.96. The lowest BCUT2D eigenvalue weighted by Gasteiger charge is -2.38. The van der Waals surface area contributed by atoms with Crippen LogP contribution < -0.4 is 20.1 Å². The maximum absolute atomic E-state index is 6.20. The van der Waals surface area contributed by atoms with Gasteiger partial charge in [-0.2, -0.15) is 4.98 Å². The lowest BCUT2D eigenvalue weighted by Crippen LogP contribution is -2.50. The Kier molecular flexibility index (Phi) is 6.65. The molecule has 1 fully saturated rings. The van der Waals surface area contributed by atoms with Crippen LogP contribution in [0.1, 0.15) is 16.7 Å². The SMILES string of the molecule is CNc1ncc2c3cc(ncc13)Nc1cccc(n1)OCCOc1cc(ccc1CN1CC(OC)C1)C#C2. The molecule has 0 saturated carbocycles. The summed E-state index contributed by atoms with van der Waals surface area (Å²) in [5, 5.41) is 8.23. The Morgan fingerprint density at radius 3 is 2.79 bits per heavy atom. The van der Waals surface area contributed by atoms with E-state index in [0.29, 0.717) is 36.8 Å². The summed E-state index contributed by atoms with van der Waals surface area (Å²) >= 11 is 0. The number of methoxy groups -OCH3 is 1. The molecule has 5 heterocycles. The second-order valence-electron chi connectivity index (χ2n) is 9.19. The van der Waals surface area contributed by atoms with Gasteiger partial charge in [0.25, 0.3) is 0 Å². The van der Waals surface area contributed by atoms with E-state index in [1.54, 1.807) is 19.5 Å². The van der Waals surface area contributed by atoms with Crippen molar-refractivity contribution in [3.63, 3.8) is 0 Å². The average Bonchev–Trinajstić information content (AvgIpc) is 2.92. The highest BCUT2D eigenvalue weighted by Gasteiger charge is 2.27. The number of anilines is 3. The first-order valence-corrected chi connectivity index (χ1v) is 12.5. The van der Waals surface area contributed by atoms with Crippen molar-refractivity contribution >= 4 is 28.2 Å². The second-order valence-corrected chi connectivity index (χ2v) is 9.19. The van der Waals surface area contributed by atoms with Crippen molar-refractivity contribution in [2.75, 3.05) is 51.1 Å². The molecule has 192 valence electrons. The molecule has 0 unspecified atom stereocenters. The van der Waals surface area contributed by atoms with Crippen molar-refractivity contribution in [1.82, 2.24) is 19.9 Å². The molecule has 0 amide bonds. The van der Waals surface area contributed by atoms with Gasteiger partial charge in [0.1, 0.15) is 36.4 Å². The average molecular weight is 509 g/mol. The van der Waals surface area contributed by atoms with Gasteiger partial charge >= 0.3 is 0 Å². The Bertz CT molecular complexity index is 1540. The molecule has 9 nitrogen and oxygen atoms in total. The second kappa shape index (κ2) is 10.5. The lowest BCUT2D eigenvalue weighted by molar-refractivity contribution is -0.0337. The van der Waals surface area contributed by atoms with Gasteiger partial charge in [0.05, 0.1) is 11.7 Å².